The number of Topliss-reactive ketones (excluding diaryl/α,β-unsaturated/α-hetero) is 2. The van der Waals surface area contributed by atoms with Crippen molar-refractivity contribution in [3.8, 4) is 0 Å². The lowest BCUT2D eigenvalue weighted by molar-refractivity contribution is -0.134. The van der Waals surface area contributed by atoms with Crippen LogP contribution in [0.5, 0.6) is 0 Å². The van der Waals surface area contributed by atoms with Crippen LogP contribution in [0.4, 0.5) is 0 Å². The second-order valence-electron chi connectivity index (χ2n) is 4.25. The van der Waals surface area contributed by atoms with Gasteiger partial charge < -0.3 is 4.74 Å². The van der Waals surface area contributed by atoms with Crippen LogP contribution < -0.4 is 0 Å². The van der Waals surface area contributed by atoms with Crippen LogP contribution in [0.15, 0.2) is 0 Å². The topological polar surface area (TPSA) is 43.4 Å². The molecule has 0 aromatic heterocycles. The second-order valence-corrected chi connectivity index (χ2v) is 4.25. The summed E-state index contributed by atoms with van der Waals surface area (Å²) < 4.78 is 5.60. The van der Waals surface area contributed by atoms with Gasteiger partial charge in [0.2, 0.25) is 0 Å². The number of hydrogen-bond acceptors (Lipinski definition) is 3. The Hall–Kier alpha value is -0.700. The van der Waals surface area contributed by atoms with E-state index in [0.29, 0.717) is 12.8 Å². The lowest BCUT2D eigenvalue weighted by atomic mass is 9.88. The molecule has 0 saturated carbocycles. The molecule has 0 radical (unpaired) electrons. The molecule has 0 spiro atoms. The molecule has 0 aliphatic carbocycles. The molecule has 0 aromatic rings. The van der Waals surface area contributed by atoms with E-state index < -0.39 is 0 Å². The maximum Gasteiger partial charge on any atom is 0.133 e. The van der Waals surface area contributed by atoms with Gasteiger partial charge in [-0.15, -0.1) is 0 Å². The number of hydrogen-bond donors (Lipinski definition) is 0. The molecule has 1 fully saturated rings. The Labute approximate surface area is 84.8 Å². The average Bonchev–Trinajstić information content (AvgIpc) is 2.01. The summed E-state index contributed by atoms with van der Waals surface area (Å²) in [5.74, 6) is 0.434. The van der Waals surface area contributed by atoms with Crippen LogP contribution in [0.1, 0.15) is 40.0 Å². The Kier molecular flexibility index (Phi) is 3.81. The first-order valence-corrected chi connectivity index (χ1v) is 5.14. The largest absolute Gasteiger partial charge is 0.375 e. The highest BCUT2D eigenvalue weighted by Gasteiger charge is 2.30. The predicted octanol–water partition coefficient (Wildman–Crippen LogP) is 1.74. The van der Waals surface area contributed by atoms with Crippen molar-refractivity contribution in [1.29, 1.82) is 0 Å². The lowest BCUT2D eigenvalue weighted by Crippen LogP contribution is -2.35. The summed E-state index contributed by atoms with van der Waals surface area (Å²) in [4.78, 5) is 22.2. The Morgan fingerprint density at radius 2 is 1.93 bits per heavy atom. The first-order valence-electron chi connectivity index (χ1n) is 5.14. The minimum atomic E-state index is -0.0508. The molecule has 0 amide bonds. The van der Waals surface area contributed by atoms with Crippen molar-refractivity contribution in [2.75, 3.05) is 0 Å². The minimum Gasteiger partial charge on any atom is -0.375 e. The van der Waals surface area contributed by atoms with Crippen molar-refractivity contribution in [3.05, 3.63) is 0 Å². The maximum atomic E-state index is 11.2. The standard InChI is InChI=1S/C11H18O3/c1-7(12)4-11-6-10(9(3)13)5-8(2)14-11/h8,10-11H,4-6H2,1-3H3. The average molecular weight is 198 g/mol. The van der Waals surface area contributed by atoms with Crippen LogP contribution in [0.25, 0.3) is 0 Å². The number of carbonyl (C=O) groups is 2. The number of ketones is 2. The van der Waals surface area contributed by atoms with Crippen molar-refractivity contribution >= 4 is 11.6 Å². The quantitative estimate of drug-likeness (QED) is 0.693. The molecule has 0 N–H and O–H groups in total. The summed E-state index contributed by atoms with van der Waals surface area (Å²) >= 11 is 0. The molecule has 1 aliphatic rings. The third-order valence-corrected chi connectivity index (χ3v) is 2.68. The summed E-state index contributed by atoms with van der Waals surface area (Å²) in [5.41, 5.74) is 0. The molecular formula is C11H18O3. The van der Waals surface area contributed by atoms with E-state index in [1.165, 1.54) is 0 Å². The highest BCUT2D eigenvalue weighted by atomic mass is 16.5. The summed E-state index contributed by atoms with van der Waals surface area (Å²) in [5, 5.41) is 0. The van der Waals surface area contributed by atoms with Crippen molar-refractivity contribution in [2.24, 2.45) is 5.92 Å². The van der Waals surface area contributed by atoms with Gasteiger partial charge in [-0.2, -0.15) is 0 Å². The van der Waals surface area contributed by atoms with E-state index in [9.17, 15) is 9.59 Å². The normalized spacial score (nSPS) is 32.6. The zero-order valence-electron chi connectivity index (χ0n) is 9.08. The third kappa shape index (κ3) is 3.22. The molecule has 1 aliphatic heterocycles. The summed E-state index contributed by atoms with van der Waals surface area (Å²) in [7, 11) is 0. The third-order valence-electron chi connectivity index (χ3n) is 2.68. The van der Waals surface area contributed by atoms with Crippen molar-refractivity contribution in [2.45, 2.75) is 52.2 Å². The van der Waals surface area contributed by atoms with E-state index in [2.05, 4.69) is 0 Å². The fourth-order valence-electron chi connectivity index (χ4n) is 2.04. The Morgan fingerprint density at radius 3 is 2.43 bits per heavy atom. The van der Waals surface area contributed by atoms with Gasteiger partial charge in [0.1, 0.15) is 11.6 Å². The van der Waals surface area contributed by atoms with Crippen molar-refractivity contribution in [1.82, 2.24) is 0 Å². The van der Waals surface area contributed by atoms with Crippen LogP contribution in [0.2, 0.25) is 0 Å². The summed E-state index contributed by atoms with van der Waals surface area (Å²) in [6.07, 6.45) is 1.99. The van der Waals surface area contributed by atoms with Crippen LogP contribution in [-0.4, -0.2) is 23.8 Å². The Balaban J connectivity index is 2.53. The first-order chi connectivity index (χ1) is 6.49. The van der Waals surface area contributed by atoms with Gasteiger partial charge in [-0.3, -0.25) is 9.59 Å². The second kappa shape index (κ2) is 4.69. The smallest absolute Gasteiger partial charge is 0.133 e. The van der Waals surface area contributed by atoms with Gasteiger partial charge in [0.15, 0.2) is 0 Å². The Morgan fingerprint density at radius 1 is 1.29 bits per heavy atom. The van der Waals surface area contributed by atoms with Gasteiger partial charge in [-0.25, -0.2) is 0 Å². The van der Waals surface area contributed by atoms with Gasteiger partial charge >= 0.3 is 0 Å². The molecule has 1 heterocycles. The fraction of sp³-hybridized carbons (Fsp3) is 0.818. The van der Waals surface area contributed by atoms with E-state index in [1.807, 2.05) is 6.92 Å². The number of ether oxygens (including phenoxy) is 1. The van der Waals surface area contributed by atoms with Crippen LogP contribution in [0, 0.1) is 5.92 Å². The highest BCUT2D eigenvalue weighted by Crippen LogP contribution is 2.27. The molecule has 1 saturated heterocycles. The molecular weight excluding hydrogens is 180 g/mol. The molecule has 3 nitrogen and oxygen atoms in total. The van der Waals surface area contributed by atoms with Gasteiger partial charge in [-0.05, 0) is 33.6 Å². The van der Waals surface area contributed by atoms with Gasteiger partial charge in [-0.1, -0.05) is 0 Å². The van der Waals surface area contributed by atoms with E-state index in [1.54, 1.807) is 13.8 Å². The Bertz CT molecular complexity index is 235. The molecule has 80 valence electrons. The van der Waals surface area contributed by atoms with Gasteiger partial charge in [0.25, 0.3) is 0 Å². The SMILES string of the molecule is CC(=O)CC1CC(C(C)=O)CC(C)O1. The number of rotatable bonds is 3. The monoisotopic (exact) mass is 198 g/mol. The van der Waals surface area contributed by atoms with E-state index in [0.717, 1.165) is 6.42 Å². The van der Waals surface area contributed by atoms with Crippen LogP contribution in [0.3, 0.4) is 0 Å². The van der Waals surface area contributed by atoms with Crippen LogP contribution in [-0.2, 0) is 14.3 Å². The van der Waals surface area contributed by atoms with Crippen molar-refractivity contribution < 1.29 is 14.3 Å². The molecule has 0 bridgehead atoms. The zero-order chi connectivity index (χ0) is 10.7. The highest BCUT2D eigenvalue weighted by molar-refractivity contribution is 5.79. The lowest BCUT2D eigenvalue weighted by Gasteiger charge is -2.32. The van der Waals surface area contributed by atoms with Crippen molar-refractivity contribution in [3.63, 3.8) is 0 Å². The van der Waals surface area contributed by atoms with Gasteiger partial charge in [0, 0.05) is 12.3 Å². The maximum absolute atomic E-state index is 11.2. The molecule has 0 aromatic carbocycles. The minimum absolute atomic E-state index is 0.0508. The molecule has 3 heteroatoms. The van der Waals surface area contributed by atoms with E-state index >= 15 is 0 Å². The van der Waals surface area contributed by atoms with E-state index in [-0.39, 0.29) is 29.7 Å². The van der Waals surface area contributed by atoms with E-state index in [4.69, 9.17) is 4.74 Å². The molecule has 1 rings (SSSR count). The summed E-state index contributed by atoms with van der Waals surface area (Å²) in [6.45, 7) is 5.14. The molecule has 3 atom stereocenters. The van der Waals surface area contributed by atoms with Crippen LogP contribution >= 0.6 is 0 Å². The predicted molar refractivity (Wildman–Crippen MR) is 53.0 cm³/mol. The zero-order valence-corrected chi connectivity index (χ0v) is 9.08. The van der Waals surface area contributed by atoms with Gasteiger partial charge in [0.05, 0.1) is 12.2 Å². The fourth-order valence-corrected chi connectivity index (χ4v) is 2.04. The summed E-state index contributed by atoms with van der Waals surface area (Å²) in [6, 6.07) is 0. The molecule has 3 unspecified atom stereocenters. The first kappa shape index (κ1) is 11.4. The molecule has 14 heavy (non-hydrogen) atoms. The number of carbonyl (C=O) groups excluding carboxylic acids is 2.